The summed E-state index contributed by atoms with van der Waals surface area (Å²) in [5.41, 5.74) is 0.909. The van der Waals surface area contributed by atoms with E-state index in [0.29, 0.717) is 6.04 Å². The highest BCUT2D eigenvalue weighted by Gasteiger charge is 2.26. The predicted octanol–water partition coefficient (Wildman–Crippen LogP) is 1.62. The van der Waals surface area contributed by atoms with Gasteiger partial charge in [-0.1, -0.05) is 0 Å². The van der Waals surface area contributed by atoms with Crippen molar-refractivity contribution >= 4 is 17.4 Å². The molecule has 7 nitrogen and oxygen atoms in total. The number of piperidine rings is 1. The predicted molar refractivity (Wildman–Crippen MR) is 88.7 cm³/mol. The summed E-state index contributed by atoms with van der Waals surface area (Å²) < 4.78 is 2.01. The fourth-order valence-corrected chi connectivity index (χ4v) is 3.16. The lowest BCUT2D eigenvalue weighted by Crippen LogP contribution is -2.47. The van der Waals surface area contributed by atoms with Crippen molar-refractivity contribution in [1.29, 1.82) is 0 Å². The van der Waals surface area contributed by atoms with Crippen LogP contribution < -0.4 is 9.80 Å². The molecule has 1 aliphatic heterocycles. The number of hydrogen-bond acceptors (Lipinski definition) is 6. The first-order valence-electron chi connectivity index (χ1n) is 7.85. The normalized spacial score (nSPS) is 18.3. The van der Waals surface area contributed by atoms with Crippen molar-refractivity contribution < 1.29 is 0 Å². The molecular weight excluding hydrogens is 290 g/mol. The number of fused-ring (bicyclic) bond motifs is 1. The molecule has 1 unspecified atom stereocenters. The second kappa shape index (κ2) is 5.83. The van der Waals surface area contributed by atoms with Gasteiger partial charge in [-0.25, -0.2) is 19.9 Å². The second-order valence-electron chi connectivity index (χ2n) is 5.81. The second-order valence-corrected chi connectivity index (χ2v) is 5.81. The number of anilines is 2. The topological polar surface area (TPSA) is 62.5 Å². The maximum atomic E-state index is 4.56. The van der Waals surface area contributed by atoms with E-state index in [1.54, 1.807) is 12.4 Å². The van der Waals surface area contributed by atoms with E-state index < -0.39 is 0 Å². The SMILES string of the molecule is CN(c1ncccn1)C1CCCN(c2nccn3ccnc23)C1. The zero-order chi connectivity index (χ0) is 15.6. The summed E-state index contributed by atoms with van der Waals surface area (Å²) in [6.45, 7) is 1.90. The van der Waals surface area contributed by atoms with Gasteiger partial charge in [0.2, 0.25) is 5.95 Å². The molecule has 4 heterocycles. The third kappa shape index (κ3) is 2.58. The summed E-state index contributed by atoms with van der Waals surface area (Å²) in [6, 6.07) is 2.20. The standard InChI is InChI=1S/C16H19N7/c1-21(16-19-5-3-6-20-16)13-4-2-9-23(12-13)15-14-17-7-10-22(14)11-8-18-15/h3,5-8,10-11,13H,2,4,9,12H2,1H3. The molecule has 1 aliphatic rings. The molecule has 7 heteroatoms. The molecule has 0 amide bonds. The van der Waals surface area contributed by atoms with Gasteiger partial charge in [-0.3, -0.25) is 0 Å². The zero-order valence-electron chi connectivity index (χ0n) is 13.1. The van der Waals surface area contributed by atoms with E-state index in [1.165, 1.54) is 0 Å². The van der Waals surface area contributed by atoms with E-state index in [2.05, 4.69) is 36.8 Å². The molecule has 0 N–H and O–H groups in total. The highest BCUT2D eigenvalue weighted by Crippen LogP contribution is 2.24. The van der Waals surface area contributed by atoms with Crippen molar-refractivity contribution in [3.8, 4) is 0 Å². The number of likely N-dealkylation sites (N-methyl/N-ethyl adjacent to an activating group) is 1. The van der Waals surface area contributed by atoms with Gasteiger partial charge in [0, 0.05) is 63.4 Å². The molecule has 1 atom stereocenters. The maximum absolute atomic E-state index is 4.56. The molecule has 0 bridgehead atoms. The largest absolute Gasteiger partial charge is 0.351 e. The van der Waals surface area contributed by atoms with Crippen molar-refractivity contribution in [2.45, 2.75) is 18.9 Å². The Morgan fingerprint density at radius 2 is 1.83 bits per heavy atom. The molecule has 1 fully saturated rings. The van der Waals surface area contributed by atoms with Crippen LogP contribution in [0, 0.1) is 0 Å². The first-order chi connectivity index (χ1) is 11.3. The lowest BCUT2D eigenvalue weighted by Gasteiger charge is -2.38. The molecule has 23 heavy (non-hydrogen) atoms. The molecule has 0 spiro atoms. The monoisotopic (exact) mass is 309 g/mol. The van der Waals surface area contributed by atoms with Crippen LogP contribution in [0.25, 0.3) is 5.65 Å². The average Bonchev–Trinajstić information content (AvgIpc) is 3.10. The van der Waals surface area contributed by atoms with Crippen molar-refractivity contribution in [3.05, 3.63) is 43.2 Å². The molecule has 0 saturated carbocycles. The fraction of sp³-hybridized carbons (Fsp3) is 0.375. The van der Waals surface area contributed by atoms with Gasteiger partial charge in [-0.05, 0) is 18.9 Å². The van der Waals surface area contributed by atoms with Gasteiger partial charge in [0.15, 0.2) is 11.5 Å². The quantitative estimate of drug-likeness (QED) is 0.733. The maximum Gasteiger partial charge on any atom is 0.225 e. The van der Waals surface area contributed by atoms with Crippen LogP contribution in [0.15, 0.2) is 43.2 Å². The van der Waals surface area contributed by atoms with E-state index in [0.717, 1.165) is 43.3 Å². The van der Waals surface area contributed by atoms with Crippen LogP contribution >= 0.6 is 0 Å². The molecule has 1 saturated heterocycles. The molecule has 3 aromatic heterocycles. The number of hydrogen-bond donors (Lipinski definition) is 0. The van der Waals surface area contributed by atoms with Crippen molar-refractivity contribution in [1.82, 2.24) is 24.3 Å². The number of nitrogens with zero attached hydrogens (tertiary/aromatic N) is 7. The van der Waals surface area contributed by atoms with E-state index in [-0.39, 0.29) is 0 Å². The van der Waals surface area contributed by atoms with Crippen LogP contribution in [0.1, 0.15) is 12.8 Å². The van der Waals surface area contributed by atoms with Crippen molar-refractivity contribution in [3.63, 3.8) is 0 Å². The summed E-state index contributed by atoms with van der Waals surface area (Å²) in [4.78, 5) is 22.2. The highest BCUT2D eigenvalue weighted by atomic mass is 15.3. The van der Waals surface area contributed by atoms with Crippen LogP contribution in [0.4, 0.5) is 11.8 Å². The minimum absolute atomic E-state index is 0.364. The number of imidazole rings is 1. The zero-order valence-corrected chi connectivity index (χ0v) is 13.1. The Kier molecular flexibility index (Phi) is 3.53. The summed E-state index contributed by atoms with van der Waals surface area (Å²) in [5, 5.41) is 0. The van der Waals surface area contributed by atoms with Gasteiger partial charge < -0.3 is 14.2 Å². The van der Waals surface area contributed by atoms with Crippen molar-refractivity contribution in [2.75, 3.05) is 29.9 Å². The lowest BCUT2D eigenvalue weighted by atomic mass is 10.0. The summed E-state index contributed by atoms with van der Waals surface area (Å²) in [5.74, 6) is 1.72. The van der Waals surface area contributed by atoms with Gasteiger partial charge in [0.05, 0.1) is 0 Å². The van der Waals surface area contributed by atoms with E-state index in [4.69, 9.17) is 0 Å². The minimum Gasteiger partial charge on any atom is -0.351 e. The average molecular weight is 309 g/mol. The number of aromatic nitrogens is 5. The molecule has 0 aliphatic carbocycles. The minimum atomic E-state index is 0.364. The summed E-state index contributed by atoms with van der Waals surface area (Å²) >= 11 is 0. The summed E-state index contributed by atoms with van der Waals surface area (Å²) in [7, 11) is 2.06. The third-order valence-electron chi connectivity index (χ3n) is 4.40. The molecule has 3 aromatic rings. The molecule has 4 rings (SSSR count). The Labute approximate surface area is 134 Å². The first kappa shape index (κ1) is 13.9. The van der Waals surface area contributed by atoms with Crippen LogP contribution in [-0.4, -0.2) is 50.5 Å². The number of rotatable bonds is 3. The van der Waals surface area contributed by atoms with Crippen LogP contribution in [0.2, 0.25) is 0 Å². The van der Waals surface area contributed by atoms with E-state index in [1.807, 2.05) is 35.3 Å². The van der Waals surface area contributed by atoms with Gasteiger partial charge in [0.25, 0.3) is 0 Å². The third-order valence-corrected chi connectivity index (χ3v) is 4.40. The van der Waals surface area contributed by atoms with Gasteiger partial charge in [0.1, 0.15) is 0 Å². The van der Waals surface area contributed by atoms with Crippen LogP contribution in [-0.2, 0) is 0 Å². The van der Waals surface area contributed by atoms with E-state index in [9.17, 15) is 0 Å². The molecular formula is C16H19N7. The highest BCUT2D eigenvalue weighted by molar-refractivity contribution is 5.64. The van der Waals surface area contributed by atoms with Crippen molar-refractivity contribution in [2.24, 2.45) is 0 Å². The Bertz CT molecular complexity index is 785. The molecule has 0 radical (unpaired) electrons. The van der Waals surface area contributed by atoms with Gasteiger partial charge in [-0.15, -0.1) is 0 Å². The molecule has 0 aromatic carbocycles. The smallest absolute Gasteiger partial charge is 0.225 e. The van der Waals surface area contributed by atoms with Crippen LogP contribution in [0.3, 0.4) is 0 Å². The fourth-order valence-electron chi connectivity index (χ4n) is 3.16. The van der Waals surface area contributed by atoms with Gasteiger partial charge in [-0.2, -0.15) is 0 Å². The Morgan fingerprint density at radius 3 is 2.65 bits per heavy atom. The Hall–Kier alpha value is -2.70. The van der Waals surface area contributed by atoms with Crippen LogP contribution in [0.5, 0.6) is 0 Å². The first-order valence-corrected chi connectivity index (χ1v) is 7.85. The van der Waals surface area contributed by atoms with Gasteiger partial charge >= 0.3 is 0 Å². The molecule has 118 valence electrons. The lowest BCUT2D eigenvalue weighted by molar-refractivity contribution is 0.481. The van der Waals surface area contributed by atoms with E-state index >= 15 is 0 Å². The Balaban J connectivity index is 1.59. The Morgan fingerprint density at radius 1 is 1.04 bits per heavy atom. The summed E-state index contributed by atoms with van der Waals surface area (Å²) in [6.07, 6.45) is 13.3.